The SMILES string of the molecule is CCOc1cccc(N2C(=O)C(Nc3ccccc3)=C(c3ccc(Cl)cc3)C2=O)c1. The maximum atomic E-state index is 13.4. The third kappa shape index (κ3) is 3.80. The normalized spacial score (nSPS) is 13.7. The highest BCUT2D eigenvalue weighted by Crippen LogP contribution is 2.35. The molecule has 0 unspecified atom stereocenters. The molecule has 5 nitrogen and oxygen atoms in total. The van der Waals surface area contributed by atoms with Crippen LogP contribution in [-0.2, 0) is 9.59 Å². The van der Waals surface area contributed by atoms with Gasteiger partial charge >= 0.3 is 0 Å². The van der Waals surface area contributed by atoms with E-state index in [4.69, 9.17) is 16.3 Å². The van der Waals surface area contributed by atoms with Gasteiger partial charge in [0, 0.05) is 16.8 Å². The van der Waals surface area contributed by atoms with Gasteiger partial charge in [0.15, 0.2) is 0 Å². The van der Waals surface area contributed by atoms with Crippen LogP contribution < -0.4 is 15.0 Å². The molecule has 6 heteroatoms. The fourth-order valence-corrected chi connectivity index (χ4v) is 3.44. The first-order valence-electron chi connectivity index (χ1n) is 9.52. The maximum absolute atomic E-state index is 13.4. The summed E-state index contributed by atoms with van der Waals surface area (Å²) in [7, 11) is 0. The molecule has 3 aromatic rings. The molecule has 0 bridgehead atoms. The molecule has 2 amide bonds. The van der Waals surface area contributed by atoms with E-state index in [0.29, 0.717) is 39.9 Å². The van der Waals surface area contributed by atoms with Crippen molar-refractivity contribution in [1.29, 1.82) is 0 Å². The molecule has 0 aromatic heterocycles. The number of carbonyl (C=O) groups excluding carboxylic acids is 2. The van der Waals surface area contributed by atoms with Crippen molar-refractivity contribution in [1.82, 2.24) is 0 Å². The predicted molar refractivity (Wildman–Crippen MR) is 119 cm³/mol. The van der Waals surface area contributed by atoms with Crippen LogP contribution >= 0.6 is 11.6 Å². The van der Waals surface area contributed by atoms with Crippen LogP contribution in [0.15, 0.2) is 84.6 Å². The second-order valence-corrected chi connectivity index (χ2v) is 7.06. The van der Waals surface area contributed by atoms with Gasteiger partial charge in [0.05, 0.1) is 17.9 Å². The second-order valence-electron chi connectivity index (χ2n) is 6.62. The van der Waals surface area contributed by atoms with Gasteiger partial charge in [0.25, 0.3) is 11.8 Å². The van der Waals surface area contributed by atoms with Crippen molar-refractivity contribution >= 4 is 40.4 Å². The number of amides is 2. The van der Waals surface area contributed by atoms with E-state index >= 15 is 0 Å². The zero-order valence-corrected chi connectivity index (χ0v) is 17.0. The number of anilines is 2. The standard InChI is InChI=1S/C24H19ClN2O3/c1-2-30-20-10-6-9-19(15-20)27-23(28)21(16-11-13-17(25)14-12-16)22(24(27)29)26-18-7-4-3-5-8-18/h3-15,26H,2H2,1H3. The molecule has 0 fully saturated rings. The molecule has 0 atom stereocenters. The molecule has 0 saturated carbocycles. The van der Waals surface area contributed by atoms with E-state index in [1.807, 2.05) is 37.3 Å². The first-order chi connectivity index (χ1) is 14.6. The molecule has 1 aliphatic heterocycles. The first kappa shape index (κ1) is 19.7. The van der Waals surface area contributed by atoms with Gasteiger partial charge in [-0.25, -0.2) is 4.90 Å². The topological polar surface area (TPSA) is 58.6 Å². The van der Waals surface area contributed by atoms with E-state index in [-0.39, 0.29) is 5.70 Å². The van der Waals surface area contributed by atoms with E-state index in [2.05, 4.69) is 5.32 Å². The number of benzene rings is 3. The third-order valence-electron chi connectivity index (χ3n) is 4.65. The van der Waals surface area contributed by atoms with Crippen molar-refractivity contribution in [2.75, 3.05) is 16.8 Å². The molecule has 150 valence electrons. The summed E-state index contributed by atoms with van der Waals surface area (Å²) in [5.41, 5.74) is 2.29. The maximum Gasteiger partial charge on any atom is 0.282 e. The zero-order chi connectivity index (χ0) is 21.1. The van der Waals surface area contributed by atoms with Crippen LogP contribution in [0.2, 0.25) is 5.02 Å². The van der Waals surface area contributed by atoms with Crippen LogP contribution in [0.3, 0.4) is 0 Å². The molecule has 0 spiro atoms. The number of rotatable bonds is 6. The van der Waals surface area contributed by atoms with Gasteiger partial charge in [-0.05, 0) is 48.9 Å². The van der Waals surface area contributed by atoms with Crippen molar-refractivity contribution in [3.8, 4) is 5.75 Å². The largest absolute Gasteiger partial charge is 0.494 e. The average molecular weight is 419 g/mol. The lowest BCUT2D eigenvalue weighted by Gasteiger charge is -2.16. The van der Waals surface area contributed by atoms with Crippen LogP contribution in [0.1, 0.15) is 12.5 Å². The first-order valence-corrected chi connectivity index (χ1v) is 9.90. The predicted octanol–water partition coefficient (Wildman–Crippen LogP) is 5.14. The second kappa shape index (κ2) is 8.43. The molecule has 30 heavy (non-hydrogen) atoms. The number of hydrogen-bond acceptors (Lipinski definition) is 4. The van der Waals surface area contributed by atoms with E-state index < -0.39 is 11.8 Å². The van der Waals surface area contributed by atoms with Crippen molar-refractivity contribution in [3.05, 3.63) is 95.1 Å². The Balaban J connectivity index is 1.79. The molecule has 0 saturated heterocycles. The third-order valence-corrected chi connectivity index (χ3v) is 4.90. The lowest BCUT2D eigenvalue weighted by Crippen LogP contribution is -2.32. The minimum Gasteiger partial charge on any atom is -0.494 e. The number of para-hydroxylation sites is 1. The van der Waals surface area contributed by atoms with Gasteiger partial charge in [-0.2, -0.15) is 0 Å². The summed E-state index contributed by atoms with van der Waals surface area (Å²) in [6.45, 7) is 2.36. The van der Waals surface area contributed by atoms with Gasteiger partial charge in [-0.3, -0.25) is 9.59 Å². The summed E-state index contributed by atoms with van der Waals surface area (Å²) in [6, 6.07) is 23.1. The highest BCUT2D eigenvalue weighted by molar-refractivity contribution is 6.46. The zero-order valence-electron chi connectivity index (χ0n) is 16.3. The lowest BCUT2D eigenvalue weighted by molar-refractivity contribution is -0.120. The Kier molecular flexibility index (Phi) is 5.55. The highest BCUT2D eigenvalue weighted by Gasteiger charge is 2.40. The Morgan fingerprint density at radius 1 is 0.900 bits per heavy atom. The van der Waals surface area contributed by atoms with Crippen molar-refractivity contribution in [3.63, 3.8) is 0 Å². The van der Waals surface area contributed by atoms with Crippen LogP contribution in [0.5, 0.6) is 5.75 Å². The fraction of sp³-hybridized carbons (Fsp3) is 0.0833. The number of hydrogen-bond donors (Lipinski definition) is 1. The molecule has 1 N–H and O–H groups in total. The molecule has 0 radical (unpaired) electrons. The molecule has 0 aliphatic carbocycles. The molecule has 1 heterocycles. The van der Waals surface area contributed by atoms with Crippen LogP contribution in [-0.4, -0.2) is 18.4 Å². The lowest BCUT2D eigenvalue weighted by atomic mass is 10.0. The Labute approximate surface area is 179 Å². The Hall–Kier alpha value is -3.57. The Morgan fingerprint density at radius 2 is 1.63 bits per heavy atom. The van der Waals surface area contributed by atoms with E-state index in [1.165, 1.54) is 0 Å². The molecule has 4 rings (SSSR count). The average Bonchev–Trinajstić information content (AvgIpc) is 2.99. The van der Waals surface area contributed by atoms with Crippen molar-refractivity contribution in [2.45, 2.75) is 6.92 Å². The van der Waals surface area contributed by atoms with Crippen LogP contribution in [0.4, 0.5) is 11.4 Å². The number of halogens is 1. The summed E-state index contributed by atoms with van der Waals surface area (Å²) in [5, 5.41) is 3.68. The monoisotopic (exact) mass is 418 g/mol. The van der Waals surface area contributed by atoms with E-state index in [1.54, 1.807) is 48.5 Å². The minimum atomic E-state index is -0.428. The summed E-state index contributed by atoms with van der Waals surface area (Å²) < 4.78 is 5.53. The van der Waals surface area contributed by atoms with E-state index in [0.717, 1.165) is 4.90 Å². The molecule has 3 aromatic carbocycles. The van der Waals surface area contributed by atoms with Gasteiger partial charge in [0.2, 0.25) is 0 Å². The summed E-state index contributed by atoms with van der Waals surface area (Å²) in [4.78, 5) is 27.9. The fourth-order valence-electron chi connectivity index (χ4n) is 3.31. The van der Waals surface area contributed by atoms with Gasteiger partial charge < -0.3 is 10.1 Å². The molecule has 1 aliphatic rings. The summed E-state index contributed by atoms with van der Waals surface area (Å²) in [5.74, 6) is -0.245. The number of ether oxygens (including phenoxy) is 1. The summed E-state index contributed by atoms with van der Waals surface area (Å²) in [6.07, 6.45) is 0. The van der Waals surface area contributed by atoms with E-state index in [9.17, 15) is 9.59 Å². The van der Waals surface area contributed by atoms with Crippen molar-refractivity contribution in [2.24, 2.45) is 0 Å². The Morgan fingerprint density at radius 3 is 2.33 bits per heavy atom. The molecular formula is C24H19ClN2O3. The smallest absolute Gasteiger partial charge is 0.282 e. The quantitative estimate of drug-likeness (QED) is 0.563. The Bertz CT molecular complexity index is 1120. The molecular weight excluding hydrogens is 400 g/mol. The summed E-state index contributed by atoms with van der Waals surface area (Å²) >= 11 is 6.01. The number of imide groups is 1. The van der Waals surface area contributed by atoms with Crippen LogP contribution in [0, 0.1) is 0 Å². The van der Waals surface area contributed by atoms with Crippen molar-refractivity contribution < 1.29 is 14.3 Å². The highest BCUT2D eigenvalue weighted by atomic mass is 35.5. The van der Waals surface area contributed by atoms with Crippen LogP contribution in [0.25, 0.3) is 5.57 Å². The van der Waals surface area contributed by atoms with Gasteiger partial charge in [-0.15, -0.1) is 0 Å². The number of nitrogens with one attached hydrogen (secondary N) is 1. The van der Waals surface area contributed by atoms with Gasteiger partial charge in [0.1, 0.15) is 11.4 Å². The van der Waals surface area contributed by atoms with Gasteiger partial charge in [-0.1, -0.05) is 48.0 Å². The minimum absolute atomic E-state index is 0.218. The number of carbonyl (C=O) groups is 2. The number of nitrogens with zero attached hydrogens (tertiary/aromatic N) is 1.